The van der Waals surface area contributed by atoms with Gasteiger partial charge < -0.3 is 0 Å². The SMILES string of the molecule is CC(C)CC(C)(C)N(C1CC1)[C@@H](C(C)C)C(F)(F)F. The monoisotopic (exact) mass is 279 g/mol. The van der Waals surface area contributed by atoms with E-state index in [4.69, 9.17) is 0 Å². The Morgan fingerprint density at radius 1 is 1.05 bits per heavy atom. The Bertz CT molecular complexity index is 290. The molecule has 1 aliphatic carbocycles. The quantitative estimate of drug-likeness (QED) is 0.671. The number of hydrogen-bond donors (Lipinski definition) is 0. The third kappa shape index (κ3) is 4.37. The normalized spacial score (nSPS) is 19.6. The molecule has 0 radical (unpaired) electrons. The van der Waals surface area contributed by atoms with Crippen molar-refractivity contribution >= 4 is 0 Å². The minimum atomic E-state index is -4.15. The lowest BCUT2D eigenvalue weighted by atomic mass is 9.87. The van der Waals surface area contributed by atoms with Crippen LogP contribution in [0.25, 0.3) is 0 Å². The third-order valence-corrected chi connectivity index (χ3v) is 3.81. The molecule has 4 heteroatoms. The van der Waals surface area contributed by atoms with Crippen molar-refractivity contribution in [1.82, 2.24) is 4.90 Å². The lowest BCUT2D eigenvalue weighted by Gasteiger charge is -2.47. The summed E-state index contributed by atoms with van der Waals surface area (Å²) in [6.45, 7) is 11.4. The van der Waals surface area contributed by atoms with Crippen LogP contribution >= 0.6 is 0 Å². The molecule has 1 nitrogen and oxygen atoms in total. The summed E-state index contributed by atoms with van der Waals surface area (Å²) in [6.07, 6.45) is -1.55. The Labute approximate surface area is 115 Å². The van der Waals surface area contributed by atoms with Gasteiger partial charge in [-0.1, -0.05) is 27.7 Å². The Balaban J connectivity index is 3.04. The Morgan fingerprint density at radius 2 is 1.53 bits per heavy atom. The van der Waals surface area contributed by atoms with Gasteiger partial charge in [0.05, 0.1) is 0 Å². The van der Waals surface area contributed by atoms with E-state index in [1.54, 1.807) is 18.7 Å². The minimum Gasteiger partial charge on any atom is -0.284 e. The number of rotatable bonds is 6. The summed E-state index contributed by atoms with van der Waals surface area (Å²) < 4.78 is 40.3. The molecule has 0 aliphatic heterocycles. The summed E-state index contributed by atoms with van der Waals surface area (Å²) in [5, 5.41) is 0. The fourth-order valence-corrected chi connectivity index (χ4v) is 3.41. The maximum atomic E-state index is 13.4. The average Bonchev–Trinajstić information content (AvgIpc) is 2.91. The maximum Gasteiger partial charge on any atom is 0.404 e. The van der Waals surface area contributed by atoms with Crippen molar-refractivity contribution in [3.63, 3.8) is 0 Å². The van der Waals surface area contributed by atoms with Crippen LogP contribution < -0.4 is 0 Å². The van der Waals surface area contributed by atoms with Crippen LogP contribution in [-0.2, 0) is 0 Å². The topological polar surface area (TPSA) is 3.24 Å². The van der Waals surface area contributed by atoms with Gasteiger partial charge in [-0.25, -0.2) is 0 Å². The van der Waals surface area contributed by atoms with Gasteiger partial charge in [0.2, 0.25) is 0 Å². The first-order valence-corrected chi connectivity index (χ1v) is 7.32. The summed E-state index contributed by atoms with van der Waals surface area (Å²) >= 11 is 0. The number of alkyl halides is 3. The molecule has 1 saturated carbocycles. The molecule has 1 fully saturated rings. The molecular formula is C15H28F3N. The molecule has 0 bridgehead atoms. The van der Waals surface area contributed by atoms with Gasteiger partial charge in [-0.05, 0) is 44.9 Å². The fourth-order valence-electron chi connectivity index (χ4n) is 3.41. The summed E-state index contributed by atoms with van der Waals surface area (Å²) in [4.78, 5) is 1.76. The predicted octanol–water partition coefficient (Wildman–Crippen LogP) is 4.86. The van der Waals surface area contributed by atoms with Crippen LogP contribution in [0.1, 0.15) is 60.8 Å². The fraction of sp³-hybridized carbons (Fsp3) is 1.00. The molecule has 0 amide bonds. The molecule has 0 saturated heterocycles. The molecule has 114 valence electrons. The van der Waals surface area contributed by atoms with Crippen molar-refractivity contribution in [2.45, 2.75) is 84.6 Å². The lowest BCUT2D eigenvalue weighted by molar-refractivity contribution is -0.212. The van der Waals surface area contributed by atoms with Crippen molar-refractivity contribution in [2.75, 3.05) is 0 Å². The molecule has 1 atom stereocenters. The van der Waals surface area contributed by atoms with Crippen LogP contribution in [0.15, 0.2) is 0 Å². The summed E-state index contributed by atoms with van der Waals surface area (Å²) in [6, 6.07) is -1.21. The Kier molecular flexibility index (Phi) is 4.98. The second-order valence-corrected chi connectivity index (χ2v) is 7.28. The number of hydrogen-bond acceptors (Lipinski definition) is 1. The van der Waals surface area contributed by atoms with Crippen molar-refractivity contribution in [3.05, 3.63) is 0 Å². The first-order chi connectivity index (χ1) is 8.47. The first-order valence-electron chi connectivity index (χ1n) is 7.32. The maximum absolute atomic E-state index is 13.4. The Morgan fingerprint density at radius 3 is 1.79 bits per heavy atom. The molecular weight excluding hydrogens is 251 g/mol. The van der Waals surface area contributed by atoms with E-state index in [1.807, 2.05) is 13.8 Å². The summed E-state index contributed by atoms with van der Waals surface area (Å²) in [7, 11) is 0. The Hall–Kier alpha value is -0.250. The van der Waals surface area contributed by atoms with Crippen LogP contribution in [0.3, 0.4) is 0 Å². The summed E-state index contributed by atoms with van der Waals surface area (Å²) in [5.41, 5.74) is -0.403. The van der Waals surface area contributed by atoms with Gasteiger partial charge in [-0.2, -0.15) is 13.2 Å². The largest absolute Gasteiger partial charge is 0.404 e. The summed E-state index contributed by atoms with van der Waals surface area (Å²) in [5.74, 6) is -0.00988. The molecule has 0 unspecified atom stereocenters. The van der Waals surface area contributed by atoms with E-state index in [1.165, 1.54) is 0 Å². The van der Waals surface area contributed by atoms with E-state index < -0.39 is 23.7 Å². The van der Waals surface area contributed by atoms with E-state index in [9.17, 15) is 13.2 Å². The molecule has 1 rings (SSSR count). The van der Waals surface area contributed by atoms with E-state index in [0.29, 0.717) is 5.92 Å². The third-order valence-electron chi connectivity index (χ3n) is 3.81. The van der Waals surface area contributed by atoms with Crippen LogP contribution in [0.2, 0.25) is 0 Å². The average molecular weight is 279 g/mol. The van der Waals surface area contributed by atoms with E-state index >= 15 is 0 Å². The van der Waals surface area contributed by atoms with Gasteiger partial charge in [0, 0.05) is 11.6 Å². The van der Waals surface area contributed by atoms with Crippen LogP contribution in [-0.4, -0.2) is 28.7 Å². The van der Waals surface area contributed by atoms with Gasteiger partial charge in [-0.3, -0.25) is 4.90 Å². The molecule has 0 spiro atoms. The second-order valence-electron chi connectivity index (χ2n) is 7.28. The molecule has 0 heterocycles. The predicted molar refractivity (Wildman–Crippen MR) is 73.1 cm³/mol. The highest BCUT2D eigenvalue weighted by Crippen LogP contribution is 2.43. The zero-order valence-corrected chi connectivity index (χ0v) is 13.0. The molecule has 0 aromatic carbocycles. The molecule has 0 aromatic rings. The number of halogens is 3. The zero-order chi connectivity index (χ0) is 15.0. The van der Waals surface area contributed by atoms with Gasteiger partial charge in [0.15, 0.2) is 0 Å². The van der Waals surface area contributed by atoms with Crippen molar-refractivity contribution < 1.29 is 13.2 Å². The minimum absolute atomic E-state index is 0.114. The van der Waals surface area contributed by atoms with Crippen LogP contribution in [0, 0.1) is 11.8 Å². The molecule has 0 N–H and O–H groups in total. The van der Waals surface area contributed by atoms with Crippen molar-refractivity contribution in [3.8, 4) is 0 Å². The highest BCUT2D eigenvalue weighted by atomic mass is 19.4. The molecule has 1 aliphatic rings. The van der Waals surface area contributed by atoms with Crippen LogP contribution in [0.4, 0.5) is 13.2 Å². The molecule has 19 heavy (non-hydrogen) atoms. The second kappa shape index (κ2) is 5.63. The van der Waals surface area contributed by atoms with Gasteiger partial charge in [0.25, 0.3) is 0 Å². The lowest BCUT2D eigenvalue weighted by Crippen LogP contribution is -2.59. The van der Waals surface area contributed by atoms with Gasteiger partial charge >= 0.3 is 6.18 Å². The molecule has 0 aromatic heterocycles. The van der Waals surface area contributed by atoms with Gasteiger partial charge in [-0.15, -0.1) is 0 Å². The van der Waals surface area contributed by atoms with E-state index in [0.717, 1.165) is 19.3 Å². The standard InChI is InChI=1S/C15H28F3N/c1-10(2)9-14(5,6)19(12-7-8-12)13(11(3)4)15(16,17)18/h10-13H,7-9H2,1-6H3/t13-/m0/s1. The number of nitrogens with zero attached hydrogens (tertiary/aromatic N) is 1. The van der Waals surface area contributed by atoms with Gasteiger partial charge in [0.1, 0.15) is 6.04 Å². The van der Waals surface area contributed by atoms with Crippen molar-refractivity contribution in [2.24, 2.45) is 11.8 Å². The van der Waals surface area contributed by atoms with Crippen molar-refractivity contribution in [1.29, 1.82) is 0 Å². The zero-order valence-electron chi connectivity index (χ0n) is 13.0. The smallest absolute Gasteiger partial charge is 0.284 e. The van der Waals surface area contributed by atoms with E-state index in [-0.39, 0.29) is 6.04 Å². The van der Waals surface area contributed by atoms with Crippen LogP contribution in [0.5, 0.6) is 0 Å². The first kappa shape index (κ1) is 16.8. The highest BCUT2D eigenvalue weighted by molar-refractivity contribution is 5.00. The highest BCUT2D eigenvalue weighted by Gasteiger charge is 2.53. The van der Waals surface area contributed by atoms with E-state index in [2.05, 4.69) is 13.8 Å².